The van der Waals surface area contributed by atoms with E-state index in [1.54, 1.807) is 33.5 Å². The number of hydrogen-bond donors (Lipinski definition) is 0. The van der Waals surface area contributed by atoms with Crippen LogP contribution in [0.3, 0.4) is 0 Å². The van der Waals surface area contributed by atoms with E-state index in [1.807, 2.05) is 12.1 Å². The largest absolute Gasteiger partial charge is 0.493 e. The van der Waals surface area contributed by atoms with E-state index in [2.05, 4.69) is 0 Å². The van der Waals surface area contributed by atoms with Gasteiger partial charge in [-0.3, -0.25) is 0 Å². The van der Waals surface area contributed by atoms with Gasteiger partial charge in [-0.05, 0) is 77.6 Å². The molecule has 0 bridgehead atoms. The van der Waals surface area contributed by atoms with E-state index >= 15 is 0 Å². The predicted molar refractivity (Wildman–Crippen MR) is 113 cm³/mol. The minimum absolute atomic E-state index is 0.00261. The quantitative estimate of drug-likeness (QED) is 0.623. The van der Waals surface area contributed by atoms with Gasteiger partial charge in [0.1, 0.15) is 0 Å². The minimum Gasteiger partial charge on any atom is -0.493 e. The van der Waals surface area contributed by atoms with Gasteiger partial charge in [0, 0.05) is 0 Å². The maximum atomic E-state index is 12.8. The SMILES string of the molecule is COc1cc(C2=C(c3ccc(S(=O)(=O)CF)cc3)CC3(CC3)C2)cc(OC)c1OC. The topological polar surface area (TPSA) is 61.8 Å². The second-order valence-corrected chi connectivity index (χ2v) is 9.89. The molecule has 2 aromatic rings. The highest BCUT2D eigenvalue weighted by molar-refractivity contribution is 7.91. The highest BCUT2D eigenvalue weighted by Crippen LogP contribution is 2.63. The number of benzene rings is 2. The van der Waals surface area contributed by atoms with Gasteiger partial charge in [-0.2, -0.15) is 0 Å². The number of alkyl halides is 1. The van der Waals surface area contributed by atoms with Gasteiger partial charge in [-0.25, -0.2) is 12.8 Å². The fourth-order valence-corrected chi connectivity index (χ4v) is 4.97. The van der Waals surface area contributed by atoms with Gasteiger partial charge in [0.05, 0.1) is 26.2 Å². The Morgan fingerprint density at radius 2 is 1.40 bits per heavy atom. The average Bonchev–Trinajstić information content (AvgIpc) is 3.42. The van der Waals surface area contributed by atoms with E-state index in [9.17, 15) is 12.8 Å². The van der Waals surface area contributed by atoms with E-state index in [1.165, 1.54) is 36.1 Å². The van der Waals surface area contributed by atoms with Crippen LogP contribution in [0.5, 0.6) is 17.2 Å². The molecule has 5 nitrogen and oxygen atoms in total. The fourth-order valence-electron chi connectivity index (χ4n) is 4.29. The molecule has 1 fully saturated rings. The van der Waals surface area contributed by atoms with Crippen LogP contribution in [-0.2, 0) is 9.84 Å². The highest BCUT2D eigenvalue weighted by Gasteiger charge is 2.48. The lowest BCUT2D eigenvalue weighted by Crippen LogP contribution is -2.02. The van der Waals surface area contributed by atoms with Crippen molar-refractivity contribution in [2.45, 2.75) is 30.6 Å². The summed E-state index contributed by atoms with van der Waals surface area (Å²) in [6, 6.07) is 9.05. The number of ether oxygens (including phenoxy) is 3. The maximum Gasteiger partial charge on any atom is 0.207 e. The highest BCUT2D eigenvalue weighted by atomic mass is 32.2. The lowest BCUT2D eigenvalue weighted by molar-refractivity contribution is 0.324. The van der Waals surface area contributed by atoms with Crippen LogP contribution >= 0.6 is 0 Å². The molecule has 0 atom stereocenters. The van der Waals surface area contributed by atoms with E-state index in [4.69, 9.17) is 14.2 Å². The molecule has 2 aromatic carbocycles. The van der Waals surface area contributed by atoms with Crippen molar-refractivity contribution in [2.24, 2.45) is 5.41 Å². The molecule has 4 rings (SSSR count). The summed E-state index contributed by atoms with van der Waals surface area (Å²) < 4.78 is 52.9. The van der Waals surface area contributed by atoms with Crippen molar-refractivity contribution >= 4 is 21.0 Å². The molecule has 0 radical (unpaired) electrons. The Kier molecular flexibility index (Phi) is 5.26. The second kappa shape index (κ2) is 7.61. The Bertz CT molecular complexity index is 1070. The zero-order chi connectivity index (χ0) is 21.5. The maximum absolute atomic E-state index is 12.8. The van der Waals surface area contributed by atoms with Crippen LogP contribution in [0.2, 0.25) is 0 Å². The van der Waals surface area contributed by atoms with Gasteiger partial charge < -0.3 is 14.2 Å². The van der Waals surface area contributed by atoms with Gasteiger partial charge in [0.25, 0.3) is 0 Å². The summed E-state index contributed by atoms with van der Waals surface area (Å²) in [5.41, 5.74) is 4.64. The number of rotatable bonds is 7. The summed E-state index contributed by atoms with van der Waals surface area (Å²) in [5, 5.41) is 0. The van der Waals surface area contributed by atoms with Crippen LogP contribution in [-0.4, -0.2) is 35.8 Å². The van der Waals surface area contributed by atoms with E-state index in [0.29, 0.717) is 17.2 Å². The molecular formula is C23H25FO5S. The summed E-state index contributed by atoms with van der Waals surface area (Å²) in [4.78, 5) is 0.00261. The summed E-state index contributed by atoms with van der Waals surface area (Å²) in [6.07, 6.45) is 4.25. The molecule has 0 N–H and O–H groups in total. The molecule has 1 saturated carbocycles. The first kappa shape index (κ1) is 20.7. The van der Waals surface area contributed by atoms with Crippen molar-refractivity contribution in [1.82, 2.24) is 0 Å². The molecule has 160 valence electrons. The number of hydrogen-bond acceptors (Lipinski definition) is 5. The third-order valence-corrected chi connectivity index (χ3v) is 7.42. The van der Waals surface area contributed by atoms with Crippen molar-refractivity contribution in [1.29, 1.82) is 0 Å². The first-order chi connectivity index (χ1) is 14.4. The molecule has 0 aromatic heterocycles. The average molecular weight is 433 g/mol. The molecule has 0 heterocycles. The zero-order valence-electron chi connectivity index (χ0n) is 17.3. The minimum atomic E-state index is -3.87. The number of sulfone groups is 1. The summed E-state index contributed by atoms with van der Waals surface area (Å²) in [6.45, 7) is 0. The summed E-state index contributed by atoms with van der Waals surface area (Å²) in [5.74, 6) is 1.74. The Balaban J connectivity index is 1.81. The van der Waals surface area contributed by atoms with Crippen LogP contribution in [0.1, 0.15) is 36.8 Å². The number of allylic oxidation sites excluding steroid dienone is 2. The monoisotopic (exact) mass is 432 g/mol. The van der Waals surface area contributed by atoms with Crippen molar-refractivity contribution in [3.05, 3.63) is 47.5 Å². The molecular weight excluding hydrogens is 407 g/mol. The van der Waals surface area contributed by atoms with Gasteiger partial charge in [0.2, 0.25) is 15.6 Å². The van der Waals surface area contributed by atoms with Crippen molar-refractivity contribution < 1.29 is 27.0 Å². The Labute approximate surface area is 176 Å². The molecule has 7 heteroatoms. The van der Waals surface area contributed by atoms with Crippen LogP contribution in [0.4, 0.5) is 4.39 Å². The molecule has 0 saturated heterocycles. The normalized spacial score (nSPS) is 17.3. The molecule has 1 spiro atoms. The molecule has 2 aliphatic rings. The smallest absolute Gasteiger partial charge is 0.207 e. The number of halogens is 1. The van der Waals surface area contributed by atoms with E-state index in [0.717, 1.165) is 24.0 Å². The Morgan fingerprint density at radius 3 is 1.83 bits per heavy atom. The van der Waals surface area contributed by atoms with Crippen LogP contribution in [0, 0.1) is 5.41 Å². The lowest BCUT2D eigenvalue weighted by atomic mass is 9.96. The first-order valence-electron chi connectivity index (χ1n) is 9.78. The zero-order valence-corrected chi connectivity index (χ0v) is 18.1. The second-order valence-electron chi connectivity index (χ2n) is 7.97. The van der Waals surface area contributed by atoms with E-state index in [-0.39, 0.29) is 10.3 Å². The fraction of sp³-hybridized carbons (Fsp3) is 0.391. The molecule has 0 aliphatic heterocycles. The molecule has 0 unspecified atom stereocenters. The van der Waals surface area contributed by atoms with Crippen LogP contribution in [0.15, 0.2) is 41.3 Å². The standard InChI is InChI=1S/C23H25FO5S/c1-27-20-10-16(11-21(28-2)22(20)29-3)19-13-23(8-9-23)12-18(19)15-4-6-17(7-5-15)30(25,26)14-24/h4-7,10-11H,8-9,12-14H2,1-3H3. The molecule has 30 heavy (non-hydrogen) atoms. The predicted octanol–water partition coefficient (Wildman–Crippen LogP) is 4.90. The van der Waals surface area contributed by atoms with Gasteiger partial charge in [0.15, 0.2) is 17.5 Å². The van der Waals surface area contributed by atoms with Crippen LogP contribution < -0.4 is 14.2 Å². The van der Waals surface area contributed by atoms with Crippen LogP contribution in [0.25, 0.3) is 11.1 Å². The third-order valence-electron chi connectivity index (χ3n) is 6.14. The van der Waals surface area contributed by atoms with E-state index < -0.39 is 15.8 Å². The molecule has 2 aliphatic carbocycles. The van der Waals surface area contributed by atoms with Gasteiger partial charge in [-0.1, -0.05) is 12.1 Å². The van der Waals surface area contributed by atoms with Crippen molar-refractivity contribution in [3.8, 4) is 17.2 Å². The summed E-state index contributed by atoms with van der Waals surface area (Å²) in [7, 11) is 0.895. The third kappa shape index (κ3) is 3.55. The number of methoxy groups -OCH3 is 3. The van der Waals surface area contributed by atoms with Gasteiger partial charge in [-0.15, -0.1) is 0 Å². The van der Waals surface area contributed by atoms with Crippen molar-refractivity contribution in [2.75, 3.05) is 27.3 Å². The van der Waals surface area contributed by atoms with Crippen molar-refractivity contribution in [3.63, 3.8) is 0 Å². The molecule has 0 amide bonds. The Hall–Kier alpha value is -2.54. The first-order valence-corrected chi connectivity index (χ1v) is 11.4. The van der Waals surface area contributed by atoms with Gasteiger partial charge >= 0.3 is 0 Å². The summed E-state index contributed by atoms with van der Waals surface area (Å²) >= 11 is 0. The Morgan fingerprint density at radius 1 is 0.867 bits per heavy atom. The lowest BCUT2D eigenvalue weighted by Gasteiger charge is -2.16.